The fourth-order valence-electron chi connectivity index (χ4n) is 4.32. The van der Waals surface area contributed by atoms with E-state index in [2.05, 4.69) is 10.3 Å². The van der Waals surface area contributed by atoms with Gasteiger partial charge in [-0.3, -0.25) is 14.1 Å². The molecule has 0 aliphatic carbocycles. The van der Waals surface area contributed by atoms with Crippen molar-refractivity contribution in [3.8, 4) is 11.3 Å². The predicted octanol–water partition coefficient (Wildman–Crippen LogP) is 5.18. The number of fused-ring (bicyclic) bond motifs is 1. The van der Waals surface area contributed by atoms with E-state index in [1.165, 1.54) is 4.31 Å². The van der Waals surface area contributed by atoms with Gasteiger partial charge in [-0.1, -0.05) is 12.5 Å². The average molecular weight is 487 g/mol. The molecule has 4 aromatic rings. The van der Waals surface area contributed by atoms with Crippen LogP contribution in [-0.4, -0.2) is 36.6 Å². The highest BCUT2D eigenvalue weighted by Crippen LogP contribution is 2.28. The molecule has 3 heterocycles. The predicted molar refractivity (Wildman–Crippen MR) is 139 cm³/mol. The minimum atomic E-state index is -3.32. The number of rotatable bonds is 4. The summed E-state index contributed by atoms with van der Waals surface area (Å²) in [6, 6.07) is 20.1. The Morgan fingerprint density at radius 1 is 0.943 bits per heavy atom. The van der Waals surface area contributed by atoms with Crippen LogP contribution in [0.4, 0.5) is 11.4 Å². The summed E-state index contributed by atoms with van der Waals surface area (Å²) in [5.41, 5.74) is 6.12. The van der Waals surface area contributed by atoms with Crippen molar-refractivity contribution in [2.75, 3.05) is 21.9 Å². The van der Waals surface area contributed by atoms with Gasteiger partial charge in [0.25, 0.3) is 5.91 Å². The Morgan fingerprint density at radius 3 is 2.60 bits per heavy atom. The second kappa shape index (κ2) is 9.46. The zero-order valence-electron chi connectivity index (χ0n) is 19.4. The van der Waals surface area contributed by atoms with Crippen molar-refractivity contribution >= 4 is 38.3 Å². The zero-order chi connectivity index (χ0) is 24.4. The molecule has 7 nitrogen and oxygen atoms in total. The minimum Gasteiger partial charge on any atom is -0.322 e. The third-order valence-electron chi connectivity index (χ3n) is 6.24. The number of aryl methyl sites for hydroxylation is 1. The van der Waals surface area contributed by atoms with Crippen LogP contribution in [-0.2, 0) is 10.0 Å². The van der Waals surface area contributed by atoms with Gasteiger partial charge in [-0.25, -0.2) is 13.4 Å². The van der Waals surface area contributed by atoms with Crippen LogP contribution in [0.25, 0.3) is 22.3 Å². The second-order valence-electron chi connectivity index (χ2n) is 8.72. The van der Waals surface area contributed by atoms with Gasteiger partial charge in [-0.15, -0.1) is 0 Å². The average Bonchev–Trinajstić information content (AvgIpc) is 3.05. The molecule has 1 aliphatic rings. The summed E-state index contributed by atoms with van der Waals surface area (Å²) in [5, 5.41) is 2.95. The molecule has 1 N–H and O–H groups in total. The fraction of sp³-hybridized carbons (Fsp3) is 0.222. The van der Waals surface area contributed by atoms with E-state index >= 15 is 0 Å². The molecule has 5 rings (SSSR count). The molecule has 0 radical (unpaired) electrons. The Labute approximate surface area is 204 Å². The van der Waals surface area contributed by atoms with Crippen LogP contribution < -0.4 is 9.62 Å². The summed E-state index contributed by atoms with van der Waals surface area (Å²) >= 11 is 0. The molecule has 8 heteroatoms. The highest BCUT2D eigenvalue weighted by molar-refractivity contribution is 7.92. The molecule has 1 amide bonds. The molecule has 35 heavy (non-hydrogen) atoms. The Kier molecular flexibility index (Phi) is 6.21. The number of carbonyl (C=O) groups excluding carboxylic acids is 1. The molecular formula is C27H26N4O3S. The minimum absolute atomic E-state index is 0.160. The smallest absolute Gasteiger partial charge is 0.255 e. The summed E-state index contributed by atoms with van der Waals surface area (Å²) in [7, 11) is -3.32. The number of hydrogen-bond donors (Lipinski definition) is 1. The maximum absolute atomic E-state index is 12.9. The lowest BCUT2D eigenvalue weighted by Crippen LogP contribution is -2.32. The lowest BCUT2D eigenvalue weighted by atomic mass is 10.0. The number of aromatic nitrogens is 2. The number of benzene rings is 2. The van der Waals surface area contributed by atoms with E-state index in [0.29, 0.717) is 29.9 Å². The molecule has 0 unspecified atom stereocenters. The number of amides is 1. The van der Waals surface area contributed by atoms with Crippen molar-refractivity contribution in [3.05, 3.63) is 84.1 Å². The first-order chi connectivity index (χ1) is 16.9. The molecule has 0 spiro atoms. The van der Waals surface area contributed by atoms with Gasteiger partial charge in [0, 0.05) is 29.6 Å². The first-order valence-electron chi connectivity index (χ1n) is 11.7. The normalized spacial score (nSPS) is 15.5. The number of hydrogen-bond acceptors (Lipinski definition) is 5. The summed E-state index contributed by atoms with van der Waals surface area (Å²) in [6.07, 6.45) is 4.16. The van der Waals surface area contributed by atoms with E-state index < -0.39 is 10.0 Å². The lowest BCUT2D eigenvalue weighted by molar-refractivity contribution is 0.102. The van der Waals surface area contributed by atoms with Gasteiger partial charge < -0.3 is 5.32 Å². The summed E-state index contributed by atoms with van der Waals surface area (Å²) in [4.78, 5) is 22.0. The van der Waals surface area contributed by atoms with Crippen molar-refractivity contribution in [2.45, 2.75) is 26.2 Å². The quantitative estimate of drug-likeness (QED) is 0.429. The van der Waals surface area contributed by atoms with E-state index in [9.17, 15) is 13.2 Å². The Balaban J connectivity index is 1.36. The van der Waals surface area contributed by atoms with Crippen LogP contribution in [0.2, 0.25) is 0 Å². The molecule has 1 fully saturated rings. The molecular weight excluding hydrogens is 460 g/mol. The summed E-state index contributed by atoms with van der Waals surface area (Å²) in [5.74, 6) is -0.103. The third-order valence-corrected chi connectivity index (χ3v) is 8.11. The summed E-state index contributed by atoms with van der Waals surface area (Å²) < 4.78 is 26.6. The van der Waals surface area contributed by atoms with Gasteiger partial charge in [-0.05, 0) is 86.0 Å². The van der Waals surface area contributed by atoms with Crippen molar-refractivity contribution in [2.24, 2.45) is 0 Å². The highest BCUT2D eigenvalue weighted by Gasteiger charge is 2.24. The van der Waals surface area contributed by atoms with Crippen LogP contribution in [0.3, 0.4) is 0 Å². The van der Waals surface area contributed by atoms with E-state index in [0.717, 1.165) is 40.7 Å². The van der Waals surface area contributed by atoms with Crippen molar-refractivity contribution in [3.63, 3.8) is 0 Å². The van der Waals surface area contributed by atoms with Crippen LogP contribution in [0, 0.1) is 6.92 Å². The maximum atomic E-state index is 12.9. The number of pyridine rings is 2. The number of nitrogens with one attached hydrogen (secondary N) is 1. The first kappa shape index (κ1) is 23.0. The highest BCUT2D eigenvalue weighted by atomic mass is 32.2. The molecule has 1 aliphatic heterocycles. The van der Waals surface area contributed by atoms with Gasteiger partial charge in [0.15, 0.2) is 0 Å². The van der Waals surface area contributed by atoms with E-state index in [1.807, 2.05) is 49.4 Å². The van der Waals surface area contributed by atoms with Crippen LogP contribution in [0.5, 0.6) is 0 Å². The topological polar surface area (TPSA) is 92.3 Å². The SMILES string of the molecule is Cc1ccc(NC(=O)c2ccc(N3CCCCCS3(=O)=O)cc2)cc1-c1ccc2ncccc2n1. The van der Waals surface area contributed by atoms with Gasteiger partial charge in [0.2, 0.25) is 10.0 Å². The number of sulfonamides is 1. The van der Waals surface area contributed by atoms with E-state index in [1.54, 1.807) is 30.5 Å². The third kappa shape index (κ3) is 4.88. The van der Waals surface area contributed by atoms with E-state index in [-0.39, 0.29) is 11.7 Å². The van der Waals surface area contributed by atoms with Crippen LogP contribution in [0.15, 0.2) is 72.9 Å². The standard InChI is InChI=1S/C27H26N4O3S/c1-19-7-10-21(18-23(19)24-13-14-25-26(30-24)6-5-15-28-25)29-27(32)20-8-11-22(12-9-20)31-16-3-2-4-17-35(31,33)34/h5-15,18H,2-4,16-17H2,1H3,(H,29,32). The fourth-order valence-corrected chi connectivity index (χ4v) is 5.96. The maximum Gasteiger partial charge on any atom is 0.255 e. The molecule has 2 aromatic heterocycles. The molecule has 0 atom stereocenters. The lowest BCUT2D eigenvalue weighted by Gasteiger charge is -2.22. The van der Waals surface area contributed by atoms with Gasteiger partial charge >= 0.3 is 0 Å². The first-order valence-corrected chi connectivity index (χ1v) is 13.3. The Hall–Kier alpha value is -3.78. The molecule has 2 aromatic carbocycles. The molecule has 0 bridgehead atoms. The molecule has 0 saturated carbocycles. The second-order valence-corrected chi connectivity index (χ2v) is 10.7. The van der Waals surface area contributed by atoms with Crippen LogP contribution >= 0.6 is 0 Å². The van der Waals surface area contributed by atoms with Gasteiger partial charge in [-0.2, -0.15) is 0 Å². The number of nitrogens with zero attached hydrogens (tertiary/aromatic N) is 3. The molecule has 178 valence electrons. The Morgan fingerprint density at radius 2 is 1.77 bits per heavy atom. The number of carbonyl (C=O) groups is 1. The number of anilines is 2. The van der Waals surface area contributed by atoms with Crippen molar-refractivity contribution in [1.82, 2.24) is 9.97 Å². The Bertz CT molecular complexity index is 1500. The monoisotopic (exact) mass is 486 g/mol. The van der Waals surface area contributed by atoms with Crippen molar-refractivity contribution < 1.29 is 13.2 Å². The van der Waals surface area contributed by atoms with Crippen molar-refractivity contribution in [1.29, 1.82) is 0 Å². The summed E-state index contributed by atoms with van der Waals surface area (Å²) in [6.45, 7) is 2.48. The zero-order valence-corrected chi connectivity index (χ0v) is 20.3. The van der Waals surface area contributed by atoms with Crippen LogP contribution in [0.1, 0.15) is 35.2 Å². The van der Waals surface area contributed by atoms with Gasteiger partial charge in [0.05, 0.1) is 28.2 Å². The van der Waals surface area contributed by atoms with Gasteiger partial charge in [0.1, 0.15) is 0 Å². The molecule has 1 saturated heterocycles. The largest absolute Gasteiger partial charge is 0.322 e. The van der Waals surface area contributed by atoms with E-state index in [4.69, 9.17) is 4.98 Å².